The monoisotopic (exact) mass is 478 g/mol. The predicted molar refractivity (Wildman–Crippen MR) is 127 cm³/mol. The summed E-state index contributed by atoms with van der Waals surface area (Å²) >= 11 is 0. The van der Waals surface area contributed by atoms with E-state index in [0.29, 0.717) is 6.04 Å². The van der Waals surface area contributed by atoms with Crippen LogP contribution in [0.4, 0.5) is 30.6 Å². The van der Waals surface area contributed by atoms with Gasteiger partial charge in [0.05, 0.1) is 0 Å². The summed E-state index contributed by atoms with van der Waals surface area (Å²) in [6.45, 7) is 12.1. The number of fused-ring (bicyclic) bond motifs is 1. The highest BCUT2D eigenvalue weighted by Crippen LogP contribution is 2.36. The fourth-order valence-electron chi connectivity index (χ4n) is 4.90. The van der Waals surface area contributed by atoms with Gasteiger partial charge in [-0.15, -0.1) is 0 Å². The van der Waals surface area contributed by atoms with Crippen LogP contribution in [0.2, 0.25) is 0 Å². The smallest absolute Gasteiger partial charge is 0.475 e. The molecule has 2 N–H and O–H groups in total. The van der Waals surface area contributed by atoms with E-state index >= 15 is 0 Å². The summed E-state index contributed by atoms with van der Waals surface area (Å²) in [4.78, 5) is 21.2. The van der Waals surface area contributed by atoms with E-state index in [0.717, 1.165) is 36.2 Å². The van der Waals surface area contributed by atoms with Crippen LogP contribution < -0.4 is 10.2 Å². The number of benzene rings is 1. The highest BCUT2D eigenvalue weighted by molar-refractivity contribution is 5.73. The molecule has 0 spiro atoms. The normalized spacial score (nSPS) is 19.8. The number of hydrogen-bond donors (Lipinski definition) is 2. The molecule has 0 saturated heterocycles. The highest BCUT2D eigenvalue weighted by Gasteiger charge is 2.38. The maximum absolute atomic E-state index is 10.6. The SMILES string of the molecule is Cc1cc(C)c(Nc2nc(C)c3c(n2)N(C2CCC(C)CC2)CC3)c(C)c1.O=C(O)C(F)(F)F. The summed E-state index contributed by atoms with van der Waals surface area (Å²) in [6.07, 6.45) is 1.27. The lowest BCUT2D eigenvalue weighted by molar-refractivity contribution is -0.192. The maximum Gasteiger partial charge on any atom is 0.490 e. The summed E-state index contributed by atoms with van der Waals surface area (Å²) in [7, 11) is 0. The fourth-order valence-corrected chi connectivity index (χ4v) is 4.90. The van der Waals surface area contributed by atoms with E-state index in [1.807, 2.05) is 0 Å². The van der Waals surface area contributed by atoms with Gasteiger partial charge in [-0.2, -0.15) is 18.2 Å². The number of carboxylic acid groups (broad SMARTS) is 1. The Labute approximate surface area is 198 Å². The first kappa shape index (κ1) is 25.8. The van der Waals surface area contributed by atoms with Crippen molar-refractivity contribution in [2.24, 2.45) is 5.92 Å². The van der Waals surface area contributed by atoms with Crippen LogP contribution in [-0.4, -0.2) is 39.8 Å². The van der Waals surface area contributed by atoms with E-state index in [-0.39, 0.29) is 0 Å². The van der Waals surface area contributed by atoms with Crippen molar-refractivity contribution in [2.75, 3.05) is 16.8 Å². The lowest BCUT2D eigenvalue weighted by Gasteiger charge is -2.34. The van der Waals surface area contributed by atoms with E-state index in [1.54, 1.807) is 0 Å². The van der Waals surface area contributed by atoms with E-state index in [1.165, 1.54) is 53.8 Å². The third-order valence-corrected chi connectivity index (χ3v) is 6.65. The van der Waals surface area contributed by atoms with Crippen LogP contribution in [0.15, 0.2) is 12.1 Å². The minimum Gasteiger partial charge on any atom is -0.475 e. The molecule has 0 bridgehead atoms. The number of aliphatic carboxylic acids is 1. The zero-order valence-corrected chi connectivity index (χ0v) is 20.4. The number of halogens is 3. The van der Waals surface area contributed by atoms with Gasteiger partial charge in [0.15, 0.2) is 0 Å². The molecule has 0 radical (unpaired) electrons. The molecular formula is C25H33F3N4O2. The topological polar surface area (TPSA) is 78.4 Å². The van der Waals surface area contributed by atoms with Gasteiger partial charge in [0.1, 0.15) is 5.82 Å². The summed E-state index contributed by atoms with van der Waals surface area (Å²) < 4.78 is 31.7. The summed E-state index contributed by atoms with van der Waals surface area (Å²) in [5.74, 6) is 0.0250. The predicted octanol–water partition coefficient (Wildman–Crippen LogP) is 6.03. The van der Waals surface area contributed by atoms with E-state index < -0.39 is 12.1 Å². The lowest BCUT2D eigenvalue weighted by Crippen LogP contribution is -2.37. The van der Waals surface area contributed by atoms with Gasteiger partial charge in [0, 0.05) is 29.5 Å². The Hall–Kier alpha value is -2.84. The minimum absolute atomic E-state index is 0.646. The number of nitrogens with one attached hydrogen (secondary N) is 1. The third-order valence-electron chi connectivity index (χ3n) is 6.65. The van der Waals surface area contributed by atoms with Gasteiger partial charge < -0.3 is 15.3 Å². The number of carbonyl (C=O) groups is 1. The van der Waals surface area contributed by atoms with E-state index in [2.05, 4.69) is 57.0 Å². The zero-order valence-electron chi connectivity index (χ0n) is 20.4. The first-order valence-electron chi connectivity index (χ1n) is 11.7. The van der Waals surface area contributed by atoms with Gasteiger partial charge in [-0.25, -0.2) is 9.78 Å². The molecule has 0 amide bonds. The molecule has 1 saturated carbocycles. The second-order valence-corrected chi connectivity index (χ2v) is 9.49. The van der Waals surface area contributed by atoms with Crippen molar-refractivity contribution in [2.45, 2.75) is 78.9 Å². The van der Waals surface area contributed by atoms with Gasteiger partial charge in [0.25, 0.3) is 0 Å². The molecule has 2 heterocycles. The van der Waals surface area contributed by atoms with Gasteiger partial charge in [0.2, 0.25) is 5.95 Å². The van der Waals surface area contributed by atoms with Crippen LogP contribution in [0, 0.1) is 33.6 Å². The van der Waals surface area contributed by atoms with Crippen molar-refractivity contribution in [3.8, 4) is 0 Å². The molecule has 0 atom stereocenters. The number of anilines is 3. The van der Waals surface area contributed by atoms with Gasteiger partial charge >= 0.3 is 12.1 Å². The number of alkyl halides is 3. The number of carboxylic acids is 1. The van der Waals surface area contributed by atoms with Crippen LogP contribution in [0.3, 0.4) is 0 Å². The van der Waals surface area contributed by atoms with Crippen molar-refractivity contribution in [3.05, 3.63) is 40.1 Å². The maximum atomic E-state index is 10.6. The van der Waals surface area contributed by atoms with Crippen molar-refractivity contribution in [1.29, 1.82) is 0 Å². The second kappa shape index (κ2) is 10.2. The highest BCUT2D eigenvalue weighted by atomic mass is 19.4. The first-order valence-corrected chi connectivity index (χ1v) is 11.7. The second-order valence-electron chi connectivity index (χ2n) is 9.49. The third kappa shape index (κ3) is 5.98. The van der Waals surface area contributed by atoms with Gasteiger partial charge in [-0.1, -0.05) is 24.6 Å². The molecule has 4 rings (SSSR count). The molecule has 34 heavy (non-hydrogen) atoms. The number of hydrogen-bond acceptors (Lipinski definition) is 5. The number of nitrogens with zero attached hydrogens (tertiary/aromatic N) is 3. The van der Waals surface area contributed by atoms with Crippen LogP contribution in [0.1, 0.15) is 60.6 Å². The van der Waals surface area contributed by atoms with Crippen molar-refractivity contribution < 1.29 is 23.1 Å². The number of aromatic nitrogens is 2. The summed E-state index contributed by atoms with van der Waals surface area (Å²) in [6, 6.07) is 5.07. The van der Waals surface area contributed by atoms with Crippen molar-refractivity contribution in [1.82, 2.24) is 9.97 Å². The Kier molecular flexibility index (Phi) is 7.73. The molecule has 6 nitrogen and oxygen atoms in total. The van der Waals surface area contributed by atoms with Crippen molar-refractivity contribution in [3.63, 3.8) is 0 Å². The zero-order chi connectivity index (χ0) is 25.2. The molecule has 2 aliphatic rings. The van der Waals surface area contributed by atoms with E-state index in [4.69, 9.17) is 19.9 Å². The van der Waals surface area contributed by atoms with Gasteiger partial charge in [-0.3, -0.25) is 0 Å². The quantitative estimate of drug-likeness (QED) is 0.561. The molecule has 186 valence electrons. The Morgan fingerprint density at radius 1 is 1.06 bits per heavy atom. The summed E-state index contributed by atoms with van der Waals surface area (Å²) in [5.41, 5.74) is 7.38. The summed E-state index contributed by atoms with van der Waals surface area (Å²) in [5, 5.41) is 10.6. The molecule has 9 heteroatoms. The lowest BCUT2D eigenvalue weighted by atomic mass is 9.87. The largest absolute Gasteiger partial charge is 0.490 e. The molecule has 0 unspecified atom stereocenters. The molecule has 1 aromatic carbocycles. The Morgan fingerprint density at radius 3 is 2.15 bits per heavy atom. The first-order chi connectivity index (χ1) is 15.9. The molecular weight excluding hydrogens is 445 g/mol. The van der Waals surface area contributed by atoms with Crippen LogP contribution in [0.5, 0.6) is 0 Å². The number of rotatable bonds is 3. The van der Waals surface area contributed by atoms with Crippen molar-refractivity contribution >= 4 is 23.4 Å². The molecule has 2 aromatic rings. The van der Waals surface area contributed by atoms with Crippen LogP contribution in [0.25, 0.3) is 0 Å². The molecule has 1 aromatic heterocycles. The minimum atomic E-state index is -5.08. The Balaban J connectivity index is 0.000000406. The Bertz CT molecular complexity index is 1020. The molecule has 1 fully saturated rings. The van der Waals surface area contributed by atoms with E-state index in [9.17, 15) is 13.2 Å². The number of aryl methyl sites for hydroxylation is 4. The van der Waals surface area contributed by atoms with Crippen LogP contribution in [-0.2, 0) is 11.2 Å². The average molecular weight is 479 g/mol. The molecule has 1 aliphatic carbocycles. The average Bonchev–Trinajstić information content (AvgIpc) is 3.15. The Morgan fingerprint density at radius 2 is 1.62 bits per heavy atom. The standard InChI is InChI=1S/C23H32N4.C2HF3O2/c1-14-6-8-19(9-7-14)27-11-10-20-18(5)24-23(26-22(20)27)25-21-16(3)12-15(2)13-17(21)4;3-2(4,5)1(6)7/h12-14,19H,6-11H2,1-5H3,(H,24,25,26);(H,6,7). The van der Waals surface area contributed by atoms with Gasteiger partial charge in [-0.05, 0) is 76.8 Å². The molecule has 1 aliphatic heterocycles. The van der Waals surface area contributed by atoms with Crippen LogP contribution >= 0.6 is 0 Å². The fraction of sp³-hybridized carbons (Fsp3) is 0.560.